The largest absolute Gasteiger partial charge is 0.490 e. The van der Waals surface area contributed by atoms with E-state index in [-0.39, 0.29) is 28.6 Å². The number of primary sulfonamides is 1. The minimum absolute atomic E-state index is 0.109. The molecule has 5 rings (SSSR count). The number of hydrogen-bond donors (Lipinski definition) is 3. The Bertz CT molecular complexity index is 1690. The van der Waals surface area contributed by atoms with E-state index in [9.17, 15) is 31.2 Å². The van der Waals surface area contributed by atoms with Crippen molar-refractivity contribution in [2.24, 2.45) is 24.0 Å². The zero-order chi connectivity index (χ0) is 34.7. The summed E-state index contributed by atoms with van der Waals surface area (Å²) in [6.07, 6.45) is -4.38. The van der Waals surface area contributed by atoms with Gasteiger partial charge in [0.05, 0.1) is 6.04 Å². The molecule has 3 atom stereocenters. The quantitative estimate of drug-likeness (QED) is 0.330. The first-order chi connectivity index (χ1) is 22.0. The molecule has 2 unspecified atom stereocenters. The van der Waals surface area contributed by atoms with Gasteiger partial charge in [-0.1, -0.05) is 48.5 Å². The highest BCUT2D eigenvalue weighted by Crippen LogP contribution is 2.33. The molecule has 2 saturated heterocycles. The van der Waals surface area contributed by atoms with Crippen LogP contribution in [0.1, 0.15) is 50.0 Å². The lowest BCUT2D eigenvalue weighted by Crippen LogP contribution is -2.36. The first-order valence-corrected chi connectivity index (χ1v) is 16.4. The van der Waals surface area contributed by atoms with Gasteiger partial charge in [0.15, 0.2) is 5.03 Å². The topological polar surface area (TPSA) is 155 Å². The number of hydrogen-bond acceptors (Lipinski definition) is 6. The molecule has 3 aromatic rings. The number of likely N-dealkylation sites (tertiary alicyclic amines) is 2. The number of carbonyl (C=O) groups is 3. The minimum Gasteiger partial charge on any atom is -0.475 e. The van der Waals surface area contributed by atoms with E-state index >= 15 is 0 Å². The van der Waals surface area contributed by atoms with Gasteiger partial charge in [-0.3, -0.25) is 9.59 Å². The van der Waals surface area contributed by atoms with Gasteiger partial charge >= 0.3 is 12.1 Å². The van der Waals surface area contributed by atoms with E-state index in [0.717, 1.165) is 55.0 Å². The number of aryl methyl sites for hydroxylation is 2. The van der Waals surface area contributed by atoms with Crippen molar-refractivity contribution in [1.29, 1.82) is 0 Å². The molecule has 1 aromatic heterocycles. The number of sulfonamides is 1. The molecule has 11 nitrogen and oxygen atoms in total. The summed E-state index contributed by atoms with van der Waals surface area (Å²) in [6, 6.07) is 18.4. The molecule has 2 fully saturated rings. The number of nitrogens with one attached hydrogen (secondary N) is 1. The third kappa shape index (κ3) is 8.58. The standard InChI is InChI=1S/C30H37N5O4S.C2HF3O2/c1-20-8-7-9-21(2)28(20)30(37)35-18-23-16-34(17-24(23)19-35)15-14-25(22-10-5-4-6-11-22)32-29(36)26-12-13-27(33(26)3)40(31,38)39;3-2(4,5)1(6)7/h4-13,23-25H,14-19H2,1-3H3,(H,32,36)(H2,31,38,39);(H,6,7)/t23-,24?,25?;/m0./s1. The van der Waals surface area contributed by atoms with Gasteiger partial charge in [0.25, 0.3) is 21.8 Å². The number of nitrogens with two attached hydrogens (primary N) is 1. The molecule has 15 heteroatoms. The maximum atomic E-state index is 13.3. The third-order valence-electron chi connectivity index (χ3n) is 8.63. The second-order valence-corrected chi connectivity index (χ2v) is 13.5. The van der Waals surface area contributed by atoms with Gasteiger partial charge in [0, 0.05) is 45.3 Å². The van der Waals surface area contributed by atoms with Gasteiger partial charge in [-0.15, -0.1) is 0 Å². The average molecular weight is 678 g/mol. The highest BCUT2D eigenvalue weighted by molar-refractivity contribution is 7.89. The Labute approximate surface area is 271 Å². The lowest BCUT2D eigenvalue weighted by molar-refractivity contribution is -0.192. The Kier molecular flexibility index (Phi) is 10.8. The van der Waals surface area contributed by atoms with Crippen LogP contribution in [0.25, 0.3) is 0 Å². The molecule has 2 aliphatic rings. The van der Waals surface area contributed by atoms with Gasteiger partial charge in [0.1, 0.15) is 5.69 Å². The maximum absolute atomic E-state index is 13.3. The lowest BCUT2D eigenvalue weighted by atomic mass is 10.0. The summed E-state index contributed by atoms with van der Waals surface area (Å²) in [5.74, 6) is -2.09. The summed E-state index contributed by atoms with van der Waals surface area (Å²) < 4.78 is 56.7. The van der Waals surface area contributed by atoms with Gasteiger partial charge in [-0.05, 0) is 60.9 Å². The van der Waals surface area contributed by atoms with Crippen molar-refractivity contribution >= 4 is 27.8 Å². The molecule has 4 N–H and O–H groups in total. The molecule has 0 bridgehead atoms. The van der Waals surface area contributed by atoms with Gasteiger partial charge in [-0.2, -0.15) is 13.2 Å². The number of alkyl halides is 3. The van der Waals surface area contributed by atoms with E-state index in [4.69, 9.17) is 15.0 Å². The number of aromatic nitrogens is 1. The normalized spacial score (nSPS) is 18.7. The molecule has 3 heterocycles. The molecular formula is C32H38F3N5O6S. The fraction of sp³-hybridized carbons (Fsp3) is 0.406. The molecule has 0 spiro atoms. The Balaban J connectivity index is 0.000000644. The van der Waals surface area contributed by atoms with Crippen LogP contribution in [0.5, 0.6) is 0 Å². The fourth-order valence-electron chi connectivity index (χ4n) is 6.31. The second-order valence-electron chi connectivity index (χ2n) is 11.9. The van der Waals surface area contributed by atoms with Crippen molar-refractivity contribution in [1.82, 2.24) is 19.7 Å². The number of rotatable bonds is 8. The van der Waals surface area contributed by atoms with Crippen molar-refractivity contribution in [3.8, 4) is 0 Å². The van der Waals surface area contributed by atoms with Crippen LogP contribution in [0.15, 0.2) is 65.7 Å². The lowest BCUT2D eigenvalue weighted by Gasteiger charge is -2.25. The predicted octanol–water partition coefficient (Wildman–Crippen LogP) is 3.49. The zero-order valence-electron chi connectivity index (χ0n) is 26.2. The van der Waals surface area contributed by atoms with Gasteiger partial charge < -0.3 is 24.8 Å². The summed E-state index contributed by atoms with van der Waals surface area (Å²) in [5.41, 5.74) is 4.09. The Morgan fingerprint density at radius 1 is 0.936 bits per heavy atom. The van der Waals surface area contributed by atoms with E-state index in [0.29, 0.717) is 18.3 Å². The Morgan fingerprint density at radius 2 is 1.49 bits per heavy atom. The van der Waals surface area contributed by atoms with E-state index in [1.165, 1.54) is 23.7 Å². The van der Waals surface area contributed by atoms with Crippen molar-refractivity contribution in [3.05, 3.63) is 88.6 Å². The molecule has 254 valence electrons. The van der Waals surface area contributed by atoms with E-state index in [1.54, 1.807) is 0 Å². The number of carboxylic acid groups (broad SMARTS) is 1. The van der Waals surface area contributed by atoms with Gasteiger partial charge in [0.2, 0.25) is 0 Å². The van der Waals surface area contributed by atoms with Crippen LogP contribution >= 0.6 is 0 Å². The predicted molar refractivity (Wildman–Crippen MR) is 167 cm³/mol. The zero-order valence-corrected chi connectivity index (χ0v) is 27.0. The number of aliphatic carboxylic acids is 1. The average Bonchev–Trinajstić information content (AvgIpc) is 3.68. The first kappa shape index (κ1) is 35.6. The smallest absolute Gasteiger partial charge is 0.475 e. The van der Waals surface area contributed by atoms with Crippen molar-refractivity contribution in [2.45, 2.75) is 37.5 Å². The number of carboxylic acids is 1. The van der Waals surface area contributed by atoms with E-state index < -0.39 is 22.2 Å². The minimum atomic E-state index is -5.08. The summed E-state index contributed by atoms with van der Waals surface area (Å²) in [7, 11) is -2.42. The van der Waals surface area contributed by atoms with Crippen molar-refractivity contribution in [2.75, 3.05) is 32.7 Å². The highest BCUT2D eigenvalue weighted by Gasteiger charge is 2.42. The molecule has 0 saturated carbocycles. The number of benzene rings is 2. The van der Waals surface area contributed by atoms with Crippen LogP contribution in [0.2, 0.25) is 0 Å². The molecule has 0 radical (unpaired) electrons. The second kappa shape index (κ2) is 14.3. The van der Waals surface area contributed by atoms with Crippen LogP contribution in [-0.2, 0) is 21.9 Å². The summed E-state index contributed by atoms with van der Waals surface area (Å²) in [4.78, 5) is 39.8. The molecule has 2 amide bonds. The molecule has 2 aromatic carbocycles. The fourth-order valence-corrected chi connectivity index (χ4v) is 7.04. The van der Waals surface area contributed by atoms with Crippen LogP contribution in [0.3, 0.4) is 0 Å². The summed E-state index contributed by atoms with van der Waals surface area (Å²) in [5, 5.41) is 15.4. The summed E-state index contributed by atoms with van der Waals surface area (Å²) >= 11 is 0. The third-order valence-corrected chi connectivity index (χ3v) is 9.62. The SMILES string of the molecule is Cc1cccc(C)c1C(=O)N1CC2CN(CCC(NC(=O)c3ccc(S(N)(=O)=O)n3C)c3ccccc3)C[C@H]2C1.O=C(O)C(F)(F)F. The van der Waals surface area contributed by atoms with Crippen LogP contribution in [0.4, 0.5) is 13.2 Å². The number of amides is 2. The number of carbonyl (C=O) groups excluding carboxylic acids is 2. The molecule has 0 aliphatic carbocycles. The van der Waals surface area contributed by atoms with E-state index in [1.807, 2.05) is 67.3 Å². The van der Waals surface area contributed by atoms with E-state index in [2.05, 4.69) is 10.2 Å². The Morgan fingerprint density at radius 3 is 1.98 bits per heavy atom. The Hall–Kier alpha value is -4.21. The number of halogens is 3. The van der Waals surface area contributed by atoms with Crippen LogP contribution < -0.4 is 10.5 Å². The summed E-state index contributed by atoms with van der Waals surface area (Å²) in [6.45, 7) is 8.18. The number of nitrogens with zero attached hydrogens (tertiary/aromatic N) is 3. The molecule has 47 heavy (non-hydrogen) atoms. The van der Waals surface area contributed by atoms with Crippen molar-refractivity contribution < 1.29 is 41.1 Å². The van der Waals surface area contributed by atoms with Gasteiger partial charge in [-0.25, -0.2) is 18.4 Å². The monoisotopic (exact) mass is 677 g/mol. The highest BCUT2D eigenvalue weighted by atomic mass is 32.2. The number of fused-ring (bicyclic) bond motifs is 1. The van der Waals surface area contributed by atoms with Crippen LogP contribution in [-0.4, -0.2) is 84.6 Å². The molecular weight excluding hydrogens is 639 g/mol. The van der Waals surface area contributed by atoms with Crippen LogP contribution in [0, 0.1) is 25.7 Å². The maximum Gasteiger partial charge on any atom is 0.490 e. The first-order valence-electron chi connectivity index (χ1n) is 14.9. The molecule has 2 aliphatic heterocycles. The van der Waals surface area contributed by atoms with Crippen molar-refractivity contribution in [3.63, 3.8) is 0 Å².